The second-order valence-electron chi connectivity index (χ2n) is 8.83. The topological polar surface area (TPSA) is 67.2 Å². The molecule has 7 heteroatoms. The fraction of sp³-hybridized carbons (Fsp3) is 0.300. The number of aromatic nitrogens is 2. The number of anilines is 1. The van der Waals surface area contributed by atoms with E-state index in [4.69, 9.17) is 0 Å². The summed E-state index contributed by atoms with van der Waals surface area (Å²) in [6, 6.07) is 19.0. The van der Waals surface area contributed by atoms with Gasteiger partial charge in [-0.2, -0.15) is 5.10 Å². The van der Waals surface area contributed by atoms with Crippen molar-refractivity contribution in [3.05, 3.63) is 108 Å². The van der Waals surface area contributed by atoms with Crippen molar-refractivity contribution in [2.24, 2.45) is 0 Å². The van der Waals surface area contributed by atoms with Gasteiger partial charge in [0.05, 0.1) is 6.54 Å². The molecule has 0 radical (unpaired) electrons. The summed E-state index contributed by atoms with van der Waals surface area (Å²) in [5, 5.41) is 7.57. The van der Waals surface area contributed by atoms with Crippen LogP contribution in [0.15, 0.2) is 85.5 Å². The number of nitrogens with zero attached hydrogens (tertiary/aromatic N) is 3. The van der Waals surface area contributed by atoms with E-state index in [0.717, 1.165) is 28.9 Å². The maximum absolute atomic E-state index is 13.3. The van der Waals surface area contributed by atoms with Crippen molar-refractivity contribution in [3.63, 3.8) is 0 Å². The Labute approximate surface area is 218 Å². The minimum Gasteiger partial charge on any atom is -0.325 e. The van der Waals surface area contributed by atoms with E-state index in [1.165, 1.54) is 6.08 Å². The molecule has 1 N–H and O–H groups in total. The SMILES string of the molecule is C/C=C\CF.C=CCc1ccccc1NC(=O)[C@@H]1CCCN1C(=O)c1cc(C)n(Cc2ccccc2)n1. The van der Waals surface area contributed by atoms with Gasteiger partial charge in [0.2, 0.25) is 5.91 Å². The number of allylic oxidation sites excluding steroid dienone is 3. The summed E-state index contributed by atoms with van der Waals surface area (Å²) < 4.78 is 12.7. The zero-order valence-corrected chi connectivity index (χ0v) is 21.6. The molecule has 0 unspecified atom stereocenters. The Hall–Kier alpha value is -4.00. The molecule has 1 aliphatic rings. The van der Waals surface area contributed by atoms with Crippen LogP contribution in [0.25, 0.3) is 0 Å². The van der Waals surface area contributed by atoms with Gasteiger partial charge in [-0.05, 0) is 56.4 Å². The average Bonchev–Trinajstić information content (AvgIpc) is 3.54. The normalized spacial score (nSPS) is 14.8. The predicted molar refractivity (Wildman–Crippen MR) is 146 cm³/mol. The van der Waals surface area contributed by atoms with E-state index in [2.05, 4.69) is 17.0 Å². The number of hydrogen-bond acceptors (Lipinski definition) is 3. The minimum atomic E-state index is -0.501. The summed E-state index contributed by atoms with van der Waals surface area (Å²) in [6.07, 6.45) is 7.05. The highest BCUT2D eigenvalue weighted by Crippen LogP contribution is 2.23. The first-order valence-corrected chi connectivity index (χ1v) is 12.5. The van der Waals surface area contributed by atoms with Crippen molar-refractivity contribution in [3.8, 4) is 0 Å². The Kier molecular flexibility index (Phi) is 10.4. The van der Waals surface area contributed by atoms with Crippen LogP contribution in [0.5, 0.6) is 0 Å². The van der Waals surface area contributed by atoms with Crippen molar-refractivity contribution in [2.75, 3.05) is 18.5 Å². The summed E-state index contributed by atoms with van der Waals surface area (Å²) in [6.45, 7) is 8.33. The molecular weight excluding hydrogens is 467 g/mol. The van der Waals surface area contributed by atoms with Crippen LogP contribution in [0.2, 0.25) is 0 Å². The van der Waals surface area contributed by atoms with Crippen molar-refractivity contribution >= 4 is 17.5 Å². The lowest BCUT2D eigenvalue weighted by Gasteiger charge is -2.23. The molecule has 2 aromatic carbocycles. The first-order valence-electron chi connectivity index (χ1n) is 12.5. The molecule has 0 spiro atoms. The lowest BCUT2D eigenvalue weighted by atomic mass is 10.1. The molecule has 0 aliphatic carbocycles. The number of hydrogen-bond donors (Lipinski definition) is 1. The van der Waals surface area contributed by atoms with Gasteiger partial charge >= 0.3 is 0 Å². The molecule has 1 saturated heterocycles. The number of rotatable bonds is 8. The number of carbonyl (C=O) groups is 2. The third-order valence-electron chi connectivity index (χ3n) is 6.16. The number of amides is 2. The lowest BCUT2D eigenvalue weighted by molar-refractivity contribution is -0.119. The Morgan fingerprint density at radius 1 is 1.16 bits per heavy atom. The number of carbonyl (C=O) groups excluding carboxylic acids is 2. The molecule has 0 bridgehead atoms. The number of likely N-dealkylation sites (tertiary alicyclic amines) is 1. The highest BCUT2D eigenvalue weighted by Gasteiger charge is 2.35. The molecule has 2 amide bonds. The number of benzene rings is 2. The van der Waals surface area contributed by atoms with Gasteiger partial charge in [0, 0.05) is 17.9 Å². The van der Waals surface area contributed by atoms with Gasteiger partial charge in [-0.25, -0.2) is 4.39 Å². The second kappa shape index (κ2) is 13.9. The number of aryl methyl sites for hydroxylation is 1. The molecule has 1 aliphatic heterocycles. The Bertz CT molecular complexity index is 1220. The summed E-state index contributed by atoms with van der Waals surface area (Å²) >= 11 is 0. The zero-order valence-electron chi connectivity index (χ0n) is 21.6. The summed E-state index contributed by atoms with van der Waals surface area (Å²) in [4.78, 5) is 28.0. The van der Waals surface area contributed by atoms with Gasteiger partial charge in [-0.3, -0.25) is 14.3 Å². The first-order chi connectivity index (χ1) is 18.0. The maximum atomic E-state index is 13.3. The highest BCUT2D eigenvalue weighted by molar-refractivity contribution is 6.01. The number of alkyl halides is 1. The van der Waals surface area contributed by atoms with E-state index in [9.17, 15) is 14.0 Å². The first kappa shape index (κ1) is 27.6. The van der Waals surface area contributed by atoms with Crippen LogP contribution < -0.4 is 5.32 Å². The van der Waals surface area contributed by atoms with Gasteiger partial charge in [-0.15, -0.1) is 6.58 Å². The summed E-state index contributed by atoms with van der Waals surface area (Å²) in [5.41, 5.74) is 4.18. The molecule has 3 aromatic rings. The number of halogens is 1. The van der Waals surface area contributed by atoms with Gasteiger partial charge < -0.3 is 10.2 Å². The van der Waals surface area contributed by atoms with Crippen LogP contribution in [-0.4, -0.2) is 45.8 Å². The Morgan fingerprint density at radius 3 is 2.57 bits per heavy atom. The van der Waals surface area contributed by atoms with Crippen molar-refractivity contribution < 1.29 is 14.0 Å². The van der Waals surface area contributed by atoms with Crippen LogP contribution >= 0.6 is 0 Å². The molecule has 194 valence electrons. The fourth-order valence-corrected chi connectivity index (χ4v) is 4.24. The quantitative estimate of drug-likeness (QED) is 0.399. The van der Waals surface area contributed by atoms with Crippen molar-refractivity contribution in [1.29, 1.82) is 0 Å². The summed E-state index contributed by atoms with van der Waals surface area (Å²) in [7, 11) is 0. The largest absolute Gasteiger partial charge is 0.325 e. The van der Waals surface area contributed by atoms with E-state index in [1.54, 1.807) is 24.0 Å². The lowest BCUT2D eigenvalue weighted by Crippen LogP contribution is -2.43. The smallest absolute Gasteiger partial charge is 0.275 e. The molecule has 6 nitrogen and oxygen atoms in total. The van der Waals surface area contributed by atoms with E-state index >= 15 is 0 Å². The molecule has 0 saturated carbocycles. The van der Waals surface area contributed by atoms with Crippen LogP contribution in [0.3, 0.4) is 0 Å². The molecular formula is C30H35FN4O2. The zero-order chi connectivity index (χ0) is 26.6. The number of nitrogens with one attached hydrogen (secondary N) is 1. The van der Waals surface area contributed by atoms with Crippen molar-refractivity contribution in [2.45, 2.75) is 45.7 Å². The maximum Gasteiger partial charge on any atom is 0.275 e. The monoisotopic (exact) mass is 502 g/mol. The van der Waals surface area contributed by atoms with Gasteiger partial charge in [0.1, 0.15) is 12.7 Å². The highest BCUT2D eigenvalue weighted by atomic mass is 19.1. The van der Waals surface area contributed by atoms with E-state index in [-0.39, 0.29) is 18.5 Å². The molecule has 1 fully saturated rings. The van der Waals surface area contributed by atoms with Crippen LogP contribution in [0.1, 0.15) is 47.1 Å². The minimum absolute atomic E-state index is 0.159. The third kappa shape index (κ3) is 7.49. The standard InChI is InChI=1S/C26H28N4O2.C4H7F/c1-3-10-21-13-7-8-14-22(21)27-25(31)24-15-9-16-29(24)26(32)23-17-19(2)30(28-23)18-20-11-5-4-6-12-20;1-2-3-4-5/h3-8,11-14,17,24H,1,9-10,15-16,18H2,2H3,(H,27,31);2-3H,4H2,1H3/b;3-2-/t24-;/m0./s1. The second-order valence-corrected chi connectivity index (χ2v) is 8.83. The Balaban J connectivity index is 0.000000695. The Morgan fingerprint density at radius 2 is 1.89 bits per heavy atom. The third-order valence-corrected chi connectivity index (χ3v) is 6.16. The van der Waals surface area contributed by atoms with E-state index in [0.29, 0.717) is 31.6 Å². The predicted octanol–water partition coefficient (Wildman–Crippen LogP) is 5.74. The summed E-state index contributed by atoms with van der Waals surface area (Å²) in [5.74, 6) is -0.357. The van der Waals surface area contributed by atoms with Gasteiger partial charge in [-0.1, -0.05) is 66.8 Å². The molecule has 4 rings (SSSR count). The van der Waals surface area contributed by atoms with E-state index < -0.39 is 6.04 Å². The van der Waals surface area contributed by atoms with Crippen molar-refractivity contribution in [1.82, 2.24) is 14.7 Å². The van der Waals surface area contributed by atoms with Gasteiger partial charge in [0.15, 0.2) is 5.69 Å². The fourth-order valence-electron chi connectivity index (χ4n) is 4.24. The molecule has 1 atom stereocenters. The van der Waals surface area contributed by atoms with Crippen LogP contribution in [0.4, 0.5) is 10.1 Å². The van der Waals surface area contributed by atoms with Crippen LogP contribution in [0, 0.1) is 6.92 Å². The number of para-hydroxylation sites is 1. The van der Waals surface area contributed by atoms with Crippen LogP contribution in [-0.2, 0) is 17.8 Å². The van der Waals surface area contributed by atoms with E-state index in [1.807, 2.05) is 72.3 Å². The van der Waals surface area contributed by atoms with Gasteiger partial charge in [0.25, 0.3) is 5.91 Å². The molecule has 37 heavy (non-hydrogen) atoms. The molecule has 2 heterocycles. The molecule has 1 aromatic heterocycles. The average molecular weight is 503 g/mol.